The highest BCUT2D eigenvalue weighted by molar-refractivity contribution is 5.85. The Morgan fingerprint density at radius 3 is 1.94 bits per heavy atom. The molecule has 0 saturated heterocycles. The summed E-state index contributed by atoms with van der Waals surface area (Å²) in [6.45, 7) is 8.84. The van der Waals surface area contributed by atoms with Crippen molar-refractivity contribution in [1.82, 2.24) is 9.97 Å². The summed E-state index contributed by atoms with van der Waals surface area (Å²) in [6.07, 6.45) is 0. The first kappa shape index (κ1) is 21.5. The standard InChI is InChI=1S/C33H28N2/c1-21-12-8-9-15-25(21)32-31(23-13-6-5-7-14-23)35-30(22(2)34-32)24-18-19-27-26-16-10-11-17-28(26)33(3,4)29(27)20-24/h5-20H,1-4H3. The van der Waals surface area contributed by atoms with Crippen LogP contribution in [-0.2, 0) is 5.41 Å². The molecule has 1 aromatic heterocycles. The number of hydrogen-bond donors (Lipinski definition) is 0. The van der Waals surface area contributed by atoms with Crippen molar-refractivity contribution in [2.45, 2.75) is 33.1 Å². The molecule has 0 unspecified atom stereocenters. The lowest BCUT2D eigenvalue weighted by Gasteiger charge is -2.22. The number of aryl methyl sites for hydroxylation is 2. The van der Waals surface area contributed by atoms with Crippen LogP contribution in [0.3, 0.4) is 0 Å². The highest BCUT2D eigenvalue weighted by atomic mass is 14.8. The van der Waals surface area contributed by atoms with Gasteiger partial charge in [-0.25, -0.2) is 9.97 Å². The van der Waals surface area contributed by atoms with Crippen LogP contribution in [0.2, 0.25) is 0 Å². The van der Waals surface area contributed by atoms with Crippen LogP contribution < -0.4 is 0 Å². The molecule has 0 atom stereocenters. The molecule has 2 nitrogen and oxygen atoms in total. The number of nitrogens with zero attached hydrogens (tertiary/aromatic N) is 2. The second kappa shape index (κ2) is 8.02. The first-order valence-electron chi connectivity index (χ1n) is 12.2. The normalized spacial score (nSPS) is 13.4. The van der Waals surface area contributed by atoms with E-state index in [0.29, 0.717) is 0 Å². The maximum Gasteiger partial charge on any atom is 0.0973 e. The van der Waals surface area contributed by atoms with Crippen molar-refractivity contribution in [3.63, 3.8) is 0 Å². The van der Waals surface area contributed by atoms with Crippen molar-refractivity contribution in [2.24, 2.45) is 0 Å². The third-order valence-corrected chi connectivity index (χ3v) is 7.37. The maximum absolute atomic E-state index is 5.29. The molecule has 1 aliphatic rings. The van der Waals surface area contributed by atoms with E-state index >= 15 is 0 Å². The Bertz CT molecular complexity index is 1580. The van der Waals surface area contributed by atoms with Crippen LogP contribution in [0.15, 0.2) is 97.1 Å². The third-order valence-electron chi connectivity index (χ3n) is 7.37. The van der Waals surface area contributed by atoms with Crippen LogP contribution in [0.25, 0.3) is 44.9 Å². The van der Waals surface area contributed by atoms with Gasteiger partial charge in [-0.05, 0) is 47.7 Å². The summed E-state index contributed by atoms with van der Waals surface area (Å²) in [4.78, 5) is 10.5. The van der Waals surface area contributed by atoms with E-state index in [-0.39, 0.29) is 5.41 Å². The van der Waals surface area contributed by atoms with Gasteiger partial charge in [-0.15, -0.1) is 0 Å². The van der Waals surface area contributed by atoms with E-state index in [4.69, 9.17) is 9.97 Å². The van der Waals surface area contributed by atoms with Crippen molar-refractivity contribution in [3.05, 3.63) is 119 Å². The van der Waals surface area contributed by atoms with Gasteiger partial charge in [0.2, 0.25) is 0 Å². The molecule has 35 heavy (non-hydrogen) atoms. The zero-order valence-electron chi connectivity index (χ0n) is 20.6. The van der Waals surface area contributed by atoms with Gasteiger partial charge in [-0.2, -0.15) is 0 Å². The van der Waals surface area contributed by atoms with E-state index in [9.17, 15) is 0 Å². The van der Waals surface area contributed by atoms with Crippen LogP contribution in [-0.4, -0.2) is 9.97 Å². The molecule has 4 aromatic carbocycles. The zero-order valence-corrected chi connectivity index (χ0v) is 20.6. The Balaban J connectivity index is 1.56. The highest BCUT2D eigenvalue weighted by Gasteiger charge is 2.35. The van der Waals surface area contributed by atoms with E-state index in [0.717, 1.165) is 39.5 Å². The Hall–Kier alpha value is -4.04. The SMILES string of the molecule is Cc1ccccc1-c1nc(C)c(-c2ccc3c(c2)C(C)(C)c2ccccc2-3)nc1-c1ccccc1. The molecule has 170 valence electrons. The van der Waals surface area contributed by atoms with Crippen LogP contribution in [0.1, 0.15) is 36.2 Å². The van der Waals surface area contributed by atoms with Crippen LogP contribution in [0.4, 0.5) is 0 Å². The average molecular weight is 453 g/mol. The molecule has 0 spiro atoms. The molecule has 2 heteroatoms. The lowest BCUT2D eigenvalue weighted by molar-refractivity contribution is 0.660. The molecule has 6 rings (SSSR count). The molecule has 0 N–H and O–H groups in total. The Labute approximate surface area is 207 Å². The topological polar surface area (TPSA) is 25.8 Å². The van der Waals surface area contributed by atoms with Gasteiger partial charge < -0.3 is 0 Å². The van der Waals surface area contributed by atoms with Crippen molar-refractivity contribution < 1.29 is 0 Å². The van der Waals surface area contributed by atoms with Crippen molar-refractivity contribution >= 4 is 0 Å². The van der Waals surface area contributed by atoms with E-state index in [1.54, 1.807) is 0 Å². The largest absolute Gasteiger partial charge is 0.249 e. The molecule has 1 aliphatic carbocycles. The van der Waals surface area contributed by atoms with Crippen molar-refractivity contribution in [2.75, 3.05) is 0 Å². The van der Waals surface area contributed by atoms with Gasteiger partial charge in [0.15, 0.2) is 0 Å². The predicted molar refractivity (Wildman–Crippen MR) is 145 cm³/mol. The Morgan fingerprint density at radius 2 is 1.17 bits per heavy atom. The predicted octanol–water partition coefficient (Wildman–Crippen LogP) is 8.40. The fourth-order valence-electron chi connectivity index (χ4n) is 5.47. The summed E-state index contributed by atoms with van der Waals surface area (Å²) in [7, 11) is 0. The summed E-state index contributed by atoms with van der Waals surface area (Å²) in [6, 6.07) is 34.4. The van der Waals surface area contributed by atoms with E-state index < -0.39 is 0 Å². The summed E-state index contributed by atoms with van der Waals surface area (Å²) < 4.78 is 0. The number of rotatable bonds is 3. The molecule has 1 heterocycles. The fourth-order valence-corrected chi connectivity index (χ4v) is 5.47. The minimum Gasteiger partial charge on any atom is -0.249 e. The minimum absolute atomic E-state index is 0.0490. The Kier molecular flexibility index (Phi) is 4.93. The molecule has 0 amide bonds. The first-order valence-corrected chi connectivity index (χ1v) is 12.2. The summed E-state index contributed by atoms with van der Waals surface area (Å²) in [5.41, 5.74) is 13.6. The lowest BCUT2D eigenvalue weighted by Crippen LogP contribution is -2.15. The van der Waals surface area contributed by atoms with Gasteiger partial charge >= 0.3 is 0 Å². The molecule has 5 aromatic rings. The van der Waals surface area contributed by atoms with E-state index in [1.807, 2.05) is 6.07 Å². The third kappa shape index (κ3) is 3.40. The van der Waals surface area contributed by atoms with Crippen LogP contribution in [0, 0.1) is 13.8 Å². The first-order chi connectivity index (χ1) is 16.9. The van der Waals surface area contributed by atoms with Gasteiger partial charge in [-0.3, -0.25) is 0 Å². The molecule has 0 bridgehead atoms. The monoisotopic (exact) mass is 452 g/mol. The second-order valence-corrected chi connectivity index (χ2v) is 9.97. The lowest BCUT2D eigenvalue weighted by atomic mass is 9.82. The van der Waals surface area contributed by atoms with Crippen molar-refractivity contribution in [3.8, 4) is 44.9 Å². The smallest absolute Gasteiger partial charge is 0.0973 e. The maximum atomic E-state index is 5.29. The average Bonchev–Trinajstić information content (AvgIpc) is 3.11. The summed E-state index contributed by atoms with van der Waals surface area (Å²) in [5.74, 6) is 0. The molecule has 0 fully saturated rings. The fraction of sp³-hybridized carbons (Fsp3) is 0.152. The number of benzene rings is 4. The van der Waals surface area contributed by atoms with Crippen molar-refractivity contribution in [1.29, 1.82) is 0 Å². The minimum atomic E-state index is -0.0490. The van der Waals surface area contributed by atoms with E-state index in [1.165, 1.54) is 27.8 Å². The van der Waals surface area contributed by atoms with Gasteiger partial charge in [0.25, 0.3) is 0 Å². The van der Waals surface area contributed by atoms with Gasteiger partial charge in [0.05, 0.1) is 22.8 Å². The Morgan fingerprint density at radius 1 is 0.514 bits per heavy atom. The van der Waals surface area contributed by atoms with Gasteiger partial charge in [0, 0.05) is 22.1 Å². The molecular formula is C33H28N2. The second-order valence-electron chi connectivity index (χ2n) is 9.97. The molecule has 0 aliphatic heterocycles. The molecule has 0 saturated carbocycles. The number of hydrogen-bond acceptors (Lipinski definition) is 2. The number of fused-ring (bicyclic) bond motifs is 3. The summed E-state index contributed by atoms with van der Waals surface area (Å²) in [5, 5.41) is 0. The molecular weight excluding hydrogens is 424 g/mol. The number of aromatic nitrogens is 2. The summed E-state index contributed by atoms with van der Waals surface area (Å²) >= 11 is 0. The zero-order chi connectivity index (χ0) is 24.2. The molecule has 0 radical (unpaired) electrons. The highest BCUT2D eigenvalue weighted by Crippen LogP contribution is 2.49. The van der Waals surface area contributed by atoms with Gasteiger partial charge in [-0.1, -0.05) is 105 Å². The van der Waals surface area contributed by atoms with Crippen LogP contribution >= 0.6 is 0 Å². The quantitative estimate of drug-likeness (QED) is 0.275. The van der Waals surface area contributed by atoms with Gasteiger partial charge in [0.1, 0.15) is 0 Å². The van der Waals surface area contributed by atoms with Crippen LogP contribution in [0.5, 0.6) is 0 Å². The van der Waals surface area contributed by atoms with E-state index in [2.05, 4.69) is 119 Å².